The molecule has 88 valence electrons. The number of hydrogen-bond donors (Lipinski definition) is 2. The highest BCUT2D eigenvalue weighted by Crippen LogP contribution is 2.28. The average molecular weight is 237 g/mol. The summed E-state index contributed by atoms with van der Waals surface area (Å²) in [7, 11) is 0. The van der Waals surface area contributed by atoms with Crippen LogP contribution in [-0.4, -0.2) is 16.1 Å². The molecule has 3 heteroatoms. The lowest BCUT2D eigenvalue weighted by Crippen LogP contribution is -1.95. The van der Waals surface area contributed by atoms with E-state index in [0.717, 1.165) is 22.0 Å². The molecule has 3 rings (SSSR count). The lowest BCUT2D eigenvalue weighted by atomic mass is 10.0. The highest BCUT2D eigenvalue weighted by atomic mass is 16.4. The third-order valence-electron chi connectivity index (χ3n) is 2.97. The fraction of sp³-hybridized carbons (Fsp3) is 0. The summed E-state index contributed by atoms with van der Waals surface area (Å²) in [5, 5.41) is 9.93. The zero-order chi connectivity index (χ0) is 12.5. The second-order valence-corrected chi connectivity index (χ2v) is 4.12. The van der Waals surface area contributed by atoms with Gasteiger partial charge in [0.05, 0.1) is 5.52 Å². The van der Waals surface area contributed by atoms with E-state index in [1.54, 1.807) is 6.07 Å². The lowest BCUT2D eigenvalue weighted by molar-refractivity contribution is 0.0691. The summed E-state index contributed by atoms with van der Waals surface area (Å²) in [4.78, 5) is 13.9. The highest BCUT2D eigenvalue weighted by Gasteiger charge is 2.10. The smallest absolute Gasteiger partial charge is 0.352 e. The minimum absolute atomic E-state index is 0.216. The van der Waals surface area contributed by atoms with E-state index in [0.29, 0.717) is 0 Å². The van der Waals surface area contributed by atoms with Crippen LogP contribution in [0.25, 0.3) is 22.0 Å². The molecular formula is C15H11NO2. The van der Waals surface area contributed by atoms with E-state index >= 15 is 0 Å². The monoisotopic (exact) mass is 237 g/mol. The zero-order valence-electron chi connectivity index (χ0n) is 9.55. The van der Waals surface area contributed by atoms with Crippen LogP contribution in [0.15, 0.2) is 54.6 Å². The molecule has 0 aliphatic rings. The molecule has 18 heavy (non-hydrogen) atoms. The Kier molecular flexibility index (Phi) is 2.38. The van der Waals surface area contributed by atoms with Crippen molar-refractivity contribution >= 4 is 16.9 Å². The third-order valence-corrected chi connectivity index (χ3v) is 2.97. The summed E-state index contributed by atoms with van der Waals surface area (Å²) in [6, 6.07) is 17.4. The number of H-pyrrole nitrogens is 1. The Morgan fingerprint density at radius 3 is 2.50 bits per heavy atom. The first-order chi connectivity index (χ1) is 8.75. The number of nitrogens with one attached hydrogen (secondary N) is 1. The summed E-state index contributed by atoms with van der Waals surface area (Å²) in [6.07, 6.45) is 0. The van der Waals surface area contributed by atoms with Crippen molar-refractivity contribution in [2.45, 2.75) is 0 Å². The predicted molar refractivity (Wildman–Crippen MR) is 70.7 cm³/mol. The van der Waals surface area contributed by atoms with E-state index in [9.17, 15) is 4.79 Å². The lowest BCUT2D eigenvalue weighted by Gasteiger charge is -2.02. The van der Waals surface area contributed by atoms with Gasteiger partial charge in [-0.25, -0.2) is 4.79 Å². The summed E-state index contributed by atoms with van der Waals surface area (Å²) >= 11 is 0. The Hall–Kier alpha value is -2.55. The number of carbonyl (C=O) groups is 1. The van der Waals surface area contributed by atoms with Gasteiger partial charge in [-0.1, -0.05) is 48.5 Å². The van der Waals surface area contributed by atoms with Crippen molar-refractivity contribution in [3.8, 4) is 11.1 Å². The maximum absolute atomic E-state index is 11.0. The minimum atomic E-state index is -0.940. The molecule has 0 atom stereocenters. The first-order valence-corrected chi connectivity index (χ1v) is 5.66. The van der Waals surface area contributed by atoms with E-state index in [4.69, 9.17) is 5.11 Å². The second-order valence-electron chi connectivity index (χ2n) is 4.12. The number of aromatic carboxylic acids is 1. The van der Waals surface area contributed by atoms with E-state index in [1.807, 2.05) is 48.5 Å². The maximum atomic E-state index is 11.0. The van der Waals surface area contributed by atoms with Crippen LogP contribution in [0.3, 0.4) is 0 Å². The van der Waals surface area contributed by atoms with Gasteiger partial charge in [0.2, 0.25) is 0 Å². The fourth-order valence-corrected chi connectivity index (χ4v) is 2.13. The molecule has 0 saturated heterocycles. The van der Waals surface area contributed by atoms with Gasteiger partial charge in [-0.05, 0) is 11.6 Å². The molecule has 0 aliphatic carbocycles. The van der Waals surface area contributed by atoms with Gasteiger partial charge in [-0.2, -0.15) is 0 Å². The van der Waals surface area contributed by atoms with Gasteiger partial charge >= 0.3 is 5.97 Å². The summed E-state index contributed by atoms with van der Waals surface area (Å²) in [5.41, 5.74) is 3.16. The number of carboxylic acid groups (broad SMARTS) is 1. The van der Waals surface area contributed by atoms with Crippen LogP contribution in [-0.2, 0) is 0 Å². The SMILES string of the molecule is O=C(O)c1cc2cccc(-c3ccccc3)c2[nH]1. The van der Waals surface area contributed by atoms with Crippen LogP contribution in [0, 0.1) is 0 Å². The Morgan fingerprint density at radius 2 is 1.78 bits per heavy atom. The quantitative estimate of drug-likeness (QED) is 0.716. The molecule has 2 aromatic carbocycles. The number of rotatable bonds is 2. The third kappa shape index (κ3) is 1.66. The first kappa shape index (κ1) is 10.6. The Labute approximate surface area is 104 Å². The Bertz CT molecular complexity index is 714. The molecule has 2 N–H and O–H groups in total. The van der Waals surface area contributed by atoms with E-state index in [1.165, 1.54) is 0 Å². The number of hydrogen-bond acceptors (Lipinski definition) is 1. The van der Waals surface area contributed by atoms with Crippen molar-refractivity contribution in [1.82, 2.24) is 4.98 Å². The molecule has 0 spiro atoms. The van der Waals surface area contributed by atoms with Crippen molar-refractivity contribution in [1.29, 1.82) is 0 Å². The molecule has 0 radical (unpaired) electrons. The van der Waals surface area contributed by atoms with Crippen LogP contribution in [0.1, 0.15) is 10.5 Å². The summed E-state index contributed by atoms with van der Waals surface area (Å²) in [6.45, 7) is 0. The van der Waals surface area contributed by atoms with E-state index in [2.05, 4.69) is 4.98 Å². The van der Waals surface area contributed by atoms with E-state index in [-0.39, 0.29) is 5.69 Å². The van der Waals surface area contributed by atoms with Gasteiger partial charge in [0.25, 0.3) is 0 Å². The van der Waals surface area contributed by atoms with Gasteiger partial charge in [-0.3, -0.25) is 0 Å². The number of para-hydroxylation sites is 1. The van der Waals surface area contributed by atoms with Crippen molar-refractivity contribution in [2.24, 2.45) is 0 Å². The number of carboxylic acids is 1. The van der Waals surface area contributed by atoms with Crippen molar-refractivity contribution in [3.63, 3.8) is 0 Å². The van der Waals surface area contributed by atoms with Crippen LogP contribution < -0.4 is 0 Å². The predicted octanol–water partition coefficient (Wildman–Crippen LogP) is 3.53. The van der Waals surface area contributed by atoms with Gasteiger partial charge in [0.1, 0.15) is 5.69 Å². The molecule has 3 aromatic rings. The molecule has 0 amide bonds. The number of aromatic nitrogens is 1. The standard InChI is InChI=1S/C15H11NO2/c17-15(18)13-9-11-7-4-8-12(14(11)16-13)10-5-2-1-3-6-10/h1-9,16H,(H,17,18). The van der Waals surface area contributed by atoms with Crippen molar-refractivity contribution < 1.29 is 9.90 Å². The fourth-order valence-electron chi connectivity index (χ4n) is 2.13. The minimum Gasteiger partial charge on any atom is -0.477 e. The number of fused-ring (bicyclic) bond motifs is 1. The second kappa shape index (κ2) is 4.04. The van der Waals surface area contributed by atoms with E-state index < -0.39 is 5.97 Å². The molecular weight excluding hydrogens is 226 g/mol. The van der Waals surface area contributed by atoms with Gasteiger partial charge < -0.3 is 10.1 Å². The van der Waals surface area contributed by atoms with Crippen molar-refractivity contribution in [3.05, 3.63) is 60.3 Å². The molecule has 1 heterocycles. The maximum Gasteiger partial charge on any atom is 0.352 e. The topological polar surface area (TPSA) is 53.1 Å². The van der Waals surface area contributed by atoms with Crippen molar-refractivity contribution in [2.75, 3.05) is 0 Å². The highest BCUT2D eigenvalue weighted by molar-refractivity contribution is 5.99. The average Bonchev–Trinajstić information content (AvgIpc) is 2.83. The largest absolute Gasteiger partial charge is 0.477 e. The van der Waals surface area contributed by atoms with Crippen LogP contribution in [0.2, 0.25) is 0 Å². The van der Waals surface area contributed by atoms with Gasteiger partial charge in [0, 0.05) is 10.9 Å². The molecule has 0 unspecified atom stereocenters. The summed E-state index contributed by atoms with van der Waals surface area (Å²) < 4.78 is 0. The number of benzene rings is 2. The molecule has 0 aliphatic heterocycles. The molecule has 3 nitrogen and oxygen atoms in total. The Balaban J connectivity index is 2.27. The zero-order valence-corrected chi connectivity index (χ0v) is 9.55. The normalized spacial score (nSPS) is 10.7. The molecule has 0 bridgehead atoms. The molecule has 1 aromatic heterocycles. The summed E-state index contributed by atoms with van der Waals surface area (Å²) in [5.74, 6) is -0.940. The molecule has 0 fully saturated rings. The first-order valence-electron chi connectivity index (χ1n) is 5.66. The number of aromatic amines is 1. The van der Waals surface area contributed by atoms with Gasteiger partial charge in [0.15, 0.2) is 0 Å². The van der Waals surface area contributed by atoms with Crippen LogP contribution in [0.5, 0.6) is 0 Å². The Morgan fingerprint density at radius 1 is 1.00 bits per heavy atom. The van der Waals surface area contributed by atoms with Gasteiger partial charge in [-0.15, -0.1) is 0 Å². The van der Waals surface area contributed by atoms with Crippen LogP contribution in [0.4, 0.5) is 0 Å². The van der Waals surface area contributed by atoms with Crippen LogP contribution >= 0.6 is 0 Å². The molecule has 0 saturated carbocycles.